The number of hydrogen-bond donors (Lipinski definition) is 0. The molecule has 5 heteroatoms. The molecule has 30 heavy (non-hydrogen) atoms. The molecule has 0 spiro atoms. The number of halogens is 1. The second kappa shape index (κ2) is 7.99. The van der Waals surface area contributed by atoms with Gasteiger partial charge in [-0.1, -0.05) is 29.8 Å². The van der Waals surface area contributed by atoms with E-state index in [9.17, 15) is 0 Å². The van der Waals surface area contributed by atoms with E-state index in [2.05, 4.69) is 53.6 Å². The van der Waals surface area contributed by atoms with Gasteiger partial charge in [-0.25, -0.2) is 4.98 Å². The van der Waals surface area contributed by atoms with Gasteiger partial charge in [0.15, 0.2) is 0 Å². The van der Waals surface area contributed by atoms with Crippen LogP contribution >= 0.6 is 11.6 Å². The van der Waals surface area contributed by atoms with Gasteiger partial charge in [0.05, 0.1) is 23.2 Å². The molecule has 2 heterocycles. The summed E-state index contributed by atoms with van der Waals surface area (Å²) in [4.78, 5) is 7.42. The van der Waals surface area contributed by atoms with Gasteiger partial charge < -0.3 is 14.2 Å². The maximum Gasteiger partial charge on any atom is 0.107 e. The molecule has 1 unspecified atom stereocenters. The van der Waals surface area contributed by atoms with E-state index in [0.29, 0.717) is 12.0 Å². The Hall–Kier alpha value is -1.88. The molecule has 0 saturated carbocycles. The van der Waals surface area contributed by atoms with Crippen LogP contribution in [0, 0.1) is 19.8 Å². The standard InChI is InChI=1S/C25H30ClN3O/c1-16-7-8-23-22(11-16)27-17(2)29(23)24-9-10-28(15-25(24)30-3)14-18-12-19-5-4-6-21(26)20(19)13-18/h4-8,11,18,24-25H,9-10,12-15H2,1-3H3/t18?,24-,25+/m1/s1. The van der Waals surface area contributed by atoms with Crippen molar-refractivity contribution in [1.82, 2.24) is 14.5 Å². The fraction of sp³-hybridized carbons (Fsp3) is 0.480. The first-order chi connectivity index (χ1) is 14.5. The number of rotatable bonds is 4. The molecular weight excluding hydrogens is 394 g/mol. The van der Waals surface area contributed by atoms with Gasteiger partial charge in [-0.2, -0.15) is 0 Å². The van der Waals surface area contributed by atoms with Crippen molar-refractivity contribution in [2.75, 3.05) is 26.7 Å². The molecule has 1 saturated heterocycles. The molecule has 1 aliphatic carbocycles. The first kappa shape index (κ1) is 20.0. The summed E-state index contributed by atoms with van der Waals surface area (Å²) < 4.78 is 8.43. The van der Waals surface area contributed by atoms with Crippen LogP contribution in [-0.2, 0) is 17.6 Å². The van der Waals surface area contributed by atoms with Crippen molar-refractivity contribution >= 4 is 22.6 Å². The van der Waals surface area contributed by atoms with Gasteiger partial charge in [0.25, 0.3) is 0 Å². The molecule has 0 N–H and O–H groups in total. The molecule has 1 aliphatic heterocycles. The number of aromatic nitrogens is 2. The lowest BCUT2D eigenvalue weighted by Crippen LogP contribution is -2.47. The van der Waals surface area contributed by atoms with Crippen molar-refractivity contribution < 1.29 is 4.74 Å². The van der Waals surface area contributed by atoms with Crippen LogP contribution < -0.4 is 0 Å². The predicted molar refractivity (Wildman–Crippen MR) is 122 cm³/mol. The van der Waals surface area contributed by atoms with Crippen LogP contribution in [-0.4, -0.2) is 47.3 Å². The zero-order valence-corrected chi connectivity index (χ0v) is 18.8. The van der Waals surface area contributed by atoms with Crippen LogP contribution in [0.15, 0.2) is 36.4 Å². The highest BCUT2D eigenvalue weighted by Crippen LogP contribution is 2.35. The Kier molecular flexibility index (Phi) is 5.34. The Labute approximate surface area is 183 Å². The van der Waals surface area contributed by atoms with E-state index in [0.717, 1.165) is 55.3 Å². The van der Waals surface area contributed by atoms with Crippen molar-refractivity contribution in [1.29, 1.82) is 0 Å². The quantitative estimate of drug-likeness (QED) is 0.592. The molecule has 0 radical (unpaired) electrons. The largest absolute Gasteiger partial charge is 0.378 e. The second-order valence-electron chi connectivity index (χ2n) is 9.06. The summed E-state index contributed by atoms with van der Waals surface area (Å²) in [6, 6.07) is 13.2. The number of benzene rings is 2. The summed E-state index contributed by atoms with van der Waals surface area (Å²) in [6.07, 6.45) is 3.48. The molecule has 3 aromatic rings. The van der Waals surface area contributed by atoms with E-state index >= 15 is 0 Å². The third kappa shape index (κ3) is 3.55. The minimum Gasteiger partial charge on any atom is -0.378 e. The van der Waals surface area contributed by atoms with Crippen LogP contribution in [0.5, 0.6) is 0 Å². The van der Waals surface area contributed by atoms with Gasteiger partial charge in [-0.05, 0) is 73.9 Å². The van der Waals surface area contributed by atoms with Crippen molar-refractivity contribution in [2.24, 2.45) is 5.92 Å². The Balaban J connectivity index is 1.31. The molecular formula is C25H30ClN3O. The van der Waals surface area contributed by atoms with Gasteiger partial charge >= 0.3 is 0 Å². The number of aryl methyl sites for hydroxylation is 2. The molecule has 2 aromatic carbocycles. The van der Waals surface area contributed by atoms with Crippen LogP contribution in [0.1, 0.15) is 35.0 Å². The fourth-order valence-corrected chi connectivity index (χ4v) is 5.87. The van der Waals surface area contributed by atoms with Crippen molar-refractivity contribution in [2.45, 2.75) is 45.3 Å². The topological polar surface area (TPSA) is 30.3 Å². The zero-order valence-electron chi connectivity index (χ0n) is 18.1. The van der Waals surface area contributed by atoms with Gasteiger partial charge in [-0.3, -0.25) is 0 Å². The summed E-state index contributed by atoms with van der Waals surface area (Å²) in [6.45, 7) is 7.41. The van der Waals surface area contributed by atoms with Crippen LogP contribution in [0.4, 0.5) is 0 Å². The second-order valence-corrected chi connectivity index (χ2v) is 9.47. The van der Waals surface area contributed by atoms with E-state index in [-0.39, 0.29) is 6.10 Å². The highest BCUT2D eigenvalue weighted by atomic mass is 35.5. The molecule has 0 bridgehead atoms. The number of fused-ring (bicyclic) bond motifs is 2. The van der Waals surface area contributed by atoms with E-state index in [1.807, 2.05) is 13.2 Å². The van der Waals surface area contributed by atoms with Gasteiger partial charge in [-0.15, -0.1) is 0 Å². The zero-order chi connectivity index (χ0) is 20.8. The molecule has 1 fully saturated rings. The number of nitrogens with zero attached hydrogens (tertiary/aromatic N) is 3. The Bertz CT molecular complexity index is 1080. The molecule has 5 rings (SSSR count). The Morgan fingerprint density at radius 2 is 2.03 bits per heavy atom. The SMILES string of the molecule is CO[C@H]1CN(CC2Cc3cccc(Cl)c3C2)CC[C@H]1n1c(C)nc2cc(C)ccc21. The van der Waals surface area contributed by atoms with Crippen LogP contribution in [0.25, 0.3) is 11.0 Å². The lowest BCUT2D eigenvalue weighted by Gasteiger charge is -2.40. The highest BCUT2D eigenvalue weighted by molar-refractivity contribution is 6.31. The van der Waals surface area contributed by atoms with E-state index in [4.69, 9.17) is 21.3 Å². The van der Waals surface area contributed by atoms with Crippen molar-refractivity contribution in [3.63, 3.8) is 0 Å². The average molecular weight is 424 g/mol. The van der Waals surface area contributed by atoms with Crippen molar-refractivity contribution in [3.8, 4) is 0 Å². The number of likely N-dealkylation sites (tertiary alicyclic amines) is 1. The monoisotopic (exact) mass is 423 g/mol. The first-order valence-electron chi connectivity index (χ1n) is 11.0. The first-order valence-corrected chi connectivity index (χ1v) is 11.4. The Morgan fingerprint density at radius 3 is 2.83 bits per heavy atom. The Morgan fingerprint density at radius 1 is 1.17 bits per heavy atom. The predicted octanol–water partition coefficient (Wildman–Crippen LogP) is 4.98. The lowest BCUT2D eigenvalue weighted by molar-refractivity contribution is -0.00928. The van der Waals surface area contributed by atoms with Crippen LogP contribution in [0.3, 0.4) is 0 Å². The van der Waals surface area contributed by atoms with Gasteiger partial charge in [0.1, 0.15) is 5.82 Å². The third-order valence-electron chi connectivity index (χ3n) is 7.00. The number of methoxy groups -OCH3 is 1. The molecule has 1 aromatic heterocycles. The summed E-state index contributed by atoms with van der Waals surface area (Å²) in [5, 5.41) is 0.932. The van der Waals surface area contributed by atoms with E-state index < -0.39 is 0 Å². The summed E-state index contributed by atoms with van der Waals surface area (Å²) in [7, 11) is 1.85. The minimum absolute atomic E-state index is 0.170. The normalized spacial score (nSPS) is 24.5. The maximum atomic E-state index is 6.43. The number of imidazole rings is 1. The molecule has 158 valence electrons. The number of piperidine rings is 1. The number of ether oxygens (including phenoxy) is 1. The fourth-order valence-electron chi connectivity index (χ4n) is 5.60. The highest BCUT2D eigenvalue weighted by Gasteiger charge is 2.34. The van der Waals surface area contributed by atoms with Crippen molar-refractivity contribution in [3.05, 3.63) is 63.9 Å². The van der Waals surface area contributed by atoms with Gasteiger partial charge in [0, 0.05) is 31.8 Å². The van der Waals surface area contributed by atoms with Gasteiger partial charge in [0.2, 0.25) is 0 Å². The minimum atomic E-state index is 0.170. The lowest BCUT2D eigenvalue weighted by atomic mass is 9.98. The number of hydrogen-bond acceptors (Lipinski definition) is 3. The van der Waals surface area contributed by atoms with Crippen LogP contribution in [0.2, 0.25) is 5.02 Å². The van der Waals surface area contributed by atoms with E-state index in [1.54, 1.807) is 0 Å². The molecule has 4 nitrogen and oxygen atoms in total. The molecule has 2 aliphatic rings. The van der Waals surface area contributed by atoms with E-state index in [1.165, 1.54) is 22.2 Å². The maximum absolute atomic E-state index is 6.43. The molecule has 3 atom stereocenters. The third-order valence-corrected chi connectivity index (χ3v) is 7.35. The molecule has 0 amide bonds. The smallest absolute Gasteiger partial charge is 0.107 e. The summed E-state index contributed by atoms with van der Waals surface area (Å²) >= 11 is 6.43. The average Bonchev–Trinajstić information content (AvgIpc) is 3.28. The summed E-state index contributed by atoms with van der Waals surface area (Å²) in [5.74, 6) is 1.73. The summed E-state index contributed by atoms with van der Waals surface area (Å²) in [5.41, 5.74) is 6.35.